The van der Waals surface area contributed by atoms with Gasteiger partial charge in [0.1, 0.15) is 5.02 Å². The Labute approximate surface area is 104 Å². The van der Waals surface area contributed by atoms with Crippen LogP contribution in [0.15, 0.2) is 17.0 Å². The second-order valence-corrected chi connectivity index (χ2v) is 6.13. The van der Waals surface area contributed by atoms with E-state index in [1.807, 2.05) is 0 Å². The first-order valence-electron chi connectivity index (χ1n) is 4.97. The summed E-state index contributed by atoms with van der Waals surface area (Å²) in [6, 6.07) is 2.34. The van der Waals surface area contributed by atoms with Crippen LogP contribution in [-0.2, 0) is 9.84 Å². The molecule has 0 unspecified atom stereocenters. The van der Waals surface area contributed by atoms with Crippen molar-refractivity contribution in [1.29, 1.82) is 0 Å². The number of rotatable bonds is 4. The van der Waals surface area contributed by atoms with Crippen LogP contribution in [0, 0.1) is 17.0 Å². The van der Waals surface area contributed by atoms with Gasteiger partial charge in [-0.1, -0.05) is 18.5 Å². The molecule has 0 amide bonds. The van der Waals surface area contributed by atoms with Gasteiger partial charge in [-0.2, -0.15) is 0 Å². The van der Waals surface area contributed by atoms with Crippen molar-refractivity contribution in [2.75, 3.05) is 5.75 Å². The maximum Gasteiger partial charge on any atom is 0.289 e. The van der Waals surface area contributed by atoms with Crippen LogP contribution in [-0.4, -0.2) is 19.1 Å². The lowest BCUT2D eigenvalue weighted by Gasteiger charge is -2.07. The Hall–Kier alpha value is -1.14. The third-order valence-corrected chi connectivity index (χ3v) is 4.61. The molecule has 7 heteroatoms. The van der Waals surface area contributed by atoms with Gasteiger partial charge in [0.15, 0.2) is 9.84 Å². The van der Waals surface area contributed by atoms with Gasteiger partial charge in [-0.15, -0.1) is 0 Å². The summed E-state index contributed by atoms with van der Waals surface area (Å²) in [5.41, 5.74) is 0.0426. The summed E-state index contributed by atoms with van der Waals surface area (Å²) in [5, 5.41) is 10.6. The van der Waals surface area contributed by atoms with Gasteiger partial charge >= 0.3 is 0 Å². The van der Waals surface area contributed by atoms with Gasteiger partial charge in [-0.25, -0.2) is 8.42 Å². The van der Waals surface area contributed by atoms with Crippen LogP contribution in [0.4, 0.5) is 5.69 Å². The number of hydrogen-bond donors (Lipinski definition) is 0. The van der Waals surface area contributed by atoms with Crippen molar-refractivity contribution in [2.45, 2.75) is 25.2 Å². The summed E-state index contributed by atoms with van der Waals surface area (Å²) in [6.07, 6.45) is 0.457. The molecule has 0 fully saturated rings. The largest absolute Gasteiger partial charge is 0.289 e. The van der Waals surface area contributed by atoms with Crippen molar-refractivity contribution >= 4 is 27.1 Å². The standard InChI is InChI=1S/C10H12ClNO4S/c1-3-4-17(15,16)10-6-9(12(13)14)8(11)5-7(10)2/h5-6H,3-4H2,1-2H3. The van der Waals surface area contributed by atoms with Crippen LogP contribution in [0.3, 0.4) is 0 Å². The molecule has 1 aromatic rings. The van der Waals surface area contributed by atoms with E-state index in [9.17, 15) is 18.5 Å². The minimum atomic E-state index is -3.48. The quantitative estimate of drug-likeness (QED) is 0.626. The Balaban J connectivity index is 3.45. The molecular formula is C10H12ClNO4S. The molecule has 0 heterocycles. The molecule has 0 saturated heterocycles. The Kier molecular flexibility index (Phi) is 4.11. The molecule has 0 bridgehead atoms. The average Bonchev–Trinajstić information content (AvgIpc) is 2.15. The van der Waals surface area contributed by atoms with Gasteiger partial charge < -0.3 is 0 Å². The zero-order valence-electron chi connectivity index (χ0n) is 9.44. The summed E-state index contributed by atoms with van der Waals surface area (Å²) >= 11 is 5.69. The Morgan fingerprint density at radius 1 is 1.41 bits per heavy atom. The molecule has 0 radical (unpaired) electrons. The van der Waals surface area contributed by atoms with Gasteiger partial charge in [0, 0.05) is 6.07 Å². The molecule has 0 spiro atoms. The van der Waals surface area contributed by atoms with E-state index in [4.69, 9.17) is 11.6 Å². The van der Waals surface area contributed by atoms with Crippen LogP contribution in [0.5, 0.6) is 0 Å². The molecule has 5 nitrogen and oxygen atoms in total. The van der Waals surface area contributed by atoms with E-state index in [2.05, 4.69) is 0 Å². The topological polar surface area (TPSA) is 77.3 Å². The number of nitro benzene ring substituents is 1. The Bertz CT molecular complexity index is 554. The molecule has 0 aromatic heterocycles. The molecule has 0 saturated carbocycles. The zero-order valence-corrected chi connectivity index (χ0v) is 11.0. The third kappa shape index (κ3) is 2.95. The fraction of sp³-hybridized carbons (Fsp3) is 0.400. The Morgan fingerprint density at radius 3 is 2.47 bits per heavy atom. The highest BCUT2D eigenvalue weighted by Gasteiger charge is 2.22. The molecular weight excluding hydrogens is 266 g/mol. The lowest BCUT2D eigenvalue weighted by Crippen LogP contribution is -2.08. The SMILES string of the molecule is CCCS(=O)(=O)c1cc([N+](=O)[O-])c(Cl)cc1C. The van der Waals surface area contributed by atoms with Crippen LogP contribution in [0.25, 0.3) is 0 Å². The fourth-order valence-electron chi connectivity index (χ4n) is 1.50. The molecule has 0 atom stereocenters. The maximum absolute atomic E-state index is 11.9. The minimum Gasteiger partial charge on any atom is -0.258 e. The summed E-state index contributed by atoms with van der Waals surface area (Å²) in [5.74, 6) is -0.0351. The average molecular weight is 278 g/mol. The number of aryl methyl sites for hydroxylation is 1. The highest BCUT2D eigenvalue weighted by molar-refractivity contribution is 7.91. The van der Waals surface area contributed by atoms with Gasteiger partial charge in [-0.05, 0) is 25.0 Å². The number of hydrogen-bond acceptors (Lipinski definition) is 4. The number of nitro groups is 1. The molecule has 17 heavy (non-hydrogen) atoms. The van der Waals surface area contributed by atoms with Gasteiger partial charge in [-0.3, -0.25) is 10.1 Å². The zero-order chi connectivity index (χ0) is 13.2. The normalized spacial score (nSPS) is 11.5. The van der Waals surface area contributed by atoms with Gasteiger partial charge in [0.2, 0.25) is 0 Å². The molecule has 1 rings (SSSR count). The van der Waals surface area contributed by atoms with E-state index >= 15 is 0 Å². The molecule has 1 aromatic carbocycles. The van der Waals surface area contributed by atoms with E-state index < -0.39 is 14.8 Å². The fourth-order valence-corrected chi connectivity index (χ4v) is 3.38. The monoisotopic (exact) mass is 277 g/mol. The van der Waals surface area contributed by atoms with E-state index in [0.29, 0.717) is 12.0 Å². The highest BCUT2D eigenvalue weighted by Crippen LogP contribution is 2.30. The van der Waals surface area contributed by atoms with Crippen LogP contribution in [0.2, 0.25) is 5.02 Å². The summed E-state index contributed by atoms with van der Waals surface area (Å²) in [7, 11) is -3.48. The summed E-state index contributed by atoms with van der Waals surface area (Å²) in [4.78, 5) is 9.99. The first-order chi connectivity index (χ1) is 7.79. The van der Waals surface area contributed by atoms with Crippen molar-refractivity contribution in [2.24, 2.45) is 0 Å². The van der Waals surface area contributed by atoms with Crippen molar-refractivity contribution in [1.82, 2.24) is 0 Å². The van der Waals surface area contributed by atoms with Gasteiger partial charge in [0.25, 0.3) is 5.69 Å². The summed E-state index contributed by atoms with van der Waals surface area (Å²) in [6.45, 7) is 3.30. The second-order valence-electron chi connectivity index (χ2n) is 3.65. The minimum absolute atomic E-state index is 0.0181. The first kappa shape index (κ1) is 13.9. The summed E-state index contributed by atoms with van der Waals surface area (Å²) < 4.78 is 23.7. The van der Waals surface area contributed by atoms with Crippen LogP contribution >= 0.6 is 11.6 Å². The predicted molar refractivity (Wildman–Crippen MR) is 65.2 cm³/mol. The van der Waals surface area contributed by atoms with Crippen molar-refractivity contribution in [3.63, 3.8) is 0 Å². The lowest BCUT2D eigenvalue weighted by atomic mass is 10.2. The highest BCUT2D eigenvalue weighted by atomic mass is 35.5. The van der Waals surface area contributed by atoms with Crippen LogP contribution in [0.1, 0.15) is 18.9 Å². The van der Waals surface area contributed by atoms with E-state index in [0.717, 1.165) is 6.07 Å². The van der Waals surface area contributed by atoms with Crippen molar-refractivity contribution in [3.05, 3.63) is 32.8 Å². The van der Waals surface area contributed by atoms with Gasteiger partial charge in [0.05, 0.1) is 15.6 Å². The van der Waals surface area contributed by atoms with E-state index in [1.54, 1.807) is 13.8 Å². The van der Waals surface area contributed by atoms with Crippen molar-refractivity contribution in [3.8, 4) is 0 Å². The number of halogens is 1. The molecule has 0 aliphatic heterocycles. The molecule has 0 aliphatic carbocycles. The second kappa shape index (κ2) is 5.01. The third-order valence-electron chi connectivity index (χ3n) is 2.25. The number of sulfone groups is 1. The molecule has 0 N–H and O–H groups in total. The van der Waals surface area contributed by atoms with E-state index in [-0.39, 0.29) is 21.4 Å². The molecule has 94 valence electrons. The smallest absolute Gasteiger partial charge is 0.258 e. The van der Waals surface area contributed by atoms with Crippen molar-refractivity contribution < 1.29 is 13.3 Å². The number of nitrogens with zero attached hydrogens (tertiary/aromatic N) is 1. The van der Waals surface area contributed by atoms with E-state index in [1.165, 1.54) is 6.07 Å². The predicted octanol–water partition coefficient (Wildman–Crippen LogP) is 2.74. The number of benzene rings is 1. The van der Waals surface area contributed by atoms with Crippen LogP contribution < -0.4 is 0 Å². The Morgan fingerprint density at radius 2 is 2.00 bits per heavy atom. The molecule has 0 aliphatic rings. The first-order valence-corrected chi connectivity index (χ1v) is 7.00. The lowest BCUT2D eigenvalue weighted by molar-refractivity contribution is -0.384. The maximum atomic E-state index is 11.9.